The summed E-state index contributed by atoms with van der Waals surface area (Å²) in [6.45, 7) is 8.60. The van der Waals surface area contributed by atoms with E-state index in [1.54, 1.807) is 18.2 Å². The van der Waals surface area contributed by atoms with Gasteiger partial charge in [0.05, 0.1) is 5.75 Å². The van der Waals surface area contributed by atoms with Gasteiger partial charge in [-0.25, -0.2) is 14.4 Å². The fraction of sp³-hybridized carbons (Fsp3) is 0.167. The smallest absolute Gasteiger partial charge is 0.234 e. The summed E-state index contributed by atoms with van der Waals surface area (Å²) in [5, 5.41) is 3.36. The number of halogens is 2. The van der Waals surface area contributed by atoms with Gasteiger partial charge in [0.25, 0.3) is 0 Å². The van der Waals surface area contributed by atoms with Crippen LogP contribution in [0.25, 0.3) is 0 Å². The second-order valence-corrected chi connectivity index (χ2v) is 6.49. The van der Waals surface area contributed by atoms with E-state index in [9.17, 15) is 9.18 Å². The maximum atomic E-state index is 12.9. The summed E-state index contributed by atoms with van der Waals surface area (Å²) in [6, 6.07) is 7.20. The van der Waals surface area contributed by atoms with Crippen LogP contribution in [0, 0.1) is 5.82 Å². The molecule has 1 heterocycles. The lowest BCUT2D eigenvalue weighted by Gasteiger charge is -2.20. The van der Waals surface area contributed by atoms with Crippen molar-refractivity contribution in [3.05, 3.63) is 66.6 Å². The van der Waals surface area contributed by atoms with Crippen molar-refractivity contribution < 1.29 is 9.18 Å². The van der Waals surface area contributed by atoms with E-state index in [4.69, 9.17) is 11.6 Å². The number of nitrogens with one attached hydrogen (secondary N) is 1. The van der Waals surface area contributed by atoms with Crippen molar-refractivity contribution in [1.82, 2.24) is 9.97 Å². The molecule has 1 aromatic carbocycles. The van der Waals surface area contributed by atoms with Gasteiger partial charge in [-0.1, -0.05) is 35.5 Å². The Kier molecular flexibility index (Phi) is 7.62. The zero-order valence-corrected chi connectivity index (χ0v) is 15.6. The van der Waals surface area contributed by atoms with Crippen molar-refractivity contribution in [2.75, 3.05) is 29.1 Å². The first-order chi connectivity index (χ1) is 12.5. The minimum Gasteiger partial charge on any atom is -0.349 e. The van der Waals surface area contributed by atoms with Gasteiger partial charge >= 0.3 is 0 Å². The van der Waals surface area contributed by atoms with E-state index < -0.39 is 0 Å². The maximum Gasteiger partial charge on any atom is 0.234 e. The van der Waals surface area contributed by atoms with E-state index in [-0.39, 0.29) is 22.6 Å². The Morgan fingerprint density at radius 3 is 2.50 bits per heavy atom. The lowest BCUT2D eigenvalue weighted by molar-refractivity contribution is -0.113. The fourth-order valence-electron chi connectivity index (χ4n) is 2.05. The Hall–Kier alpha value is -2.38. The SMILES string of the molecule is C=CCN(CC=C)c1cc(Cl)nc(SCC(=O)Nc2ccc(F)cc2)n1. The number of rotatable bonds is 9. The molecule has 0 bridgehead atoms. The highest BCUT2D eigenvalue weighted by molar-refractivity contribution is 7.99. The normalized spacial score (nSPS) is 10.2. The molecule has 0 radical (unpaired) electrons. The van der Waals surface area contributed by atoms with Gasteiger partial charge in [-0.05, 0) is 24.3 Å². The second kappa shape index (κ2) is 9.94. The summed E-state index contributed by atoms with van der Waals surface area (Å²) >= 11 is 7.24. The van der Waals surface area contributed by atoms with Gasteiger partial charge in [0.15, 0.2) is 5.16 Å². The number of aromatic nitrogens is 2. The number of amides is 1. The highest BCUT2D eigenvalue weighted by atomic mass is 35.5. The van der Waals surface area contributed by atoms with Crippen LogP contribution in [0.15, 0.2) is 60.8 Å². The molecule has 0 spiro atoms. The van der Waals surface area contributed by atoms with Crippen LogP contribution in [0.2, 0.25) is 5.15 Å². The summed E-state index contributed by atoms with van der Waals surface area (Å²) in [4.78, 5) is 22.5. The van der Waals surface area contributed by atoms with Gasteiger partial charge in [0.2, 0.25) is 5.91 Å². The van der Waals surface area contributed by atoms with Crippen LogP contribution >= 0.6 is 23.4 Å². The minimum absolute atomic E-state index is 0.0973. The molecule has 0 aliphatic rings. The monoisotopic (exact) mass is 392 g/mol. The number of carbonyl (C=O) groups is 1. The lowest BCUT2D eigenvalue weighted by Crippen LogP contribution is -2.24. The molecule has 26 heavy (non-hydrogen) atoms. The van der Waals surface area contributed by atoms with Gasteiger partial charge in [0, 0.05) is 24.8 Å². The molecule has 0 fully saturated rings. The van der Waals surface area contributed by atoms with E-state index in [0.717, 1.165) is 11.8 Å². The molecule has 136 valence electrons. The standard InChI is InChI=1S/C18H18ClFN4OS/c1-3-9-24(10-4-2)16-11-15(19)22-18(23-16)26-12-17(25)21-14-7-5-13(20)6-8-14/h3-8,11H,1-2,9-10,12H2,(H,21,25). The third-order valence-corrected chi connectivity index (χ3v) is 4.19. The number of nitrogens with zero attached hydrogens (tertiary/aromatic N) is 3. The largest absolute Gasteiger partial charge is 0.349 e. The molecule has 0 saturated heterocycles. The van der Waals surface area contributed by atoms with Crippen LogP contribution in [0.4, 0.5) is 15.9 Å². The molecule has 0 atom stereocenters. The van der Waals surface area contributed by atoms with Crippen LogP contribution in [-0.2, 0) is 4.79 Å². The van der Waals surface area contributed by atoms with E-state index in [0.29, 0.717) is 29.8 Å². The highest BCUT2D eigenvalue weighted by Gasteiger charge is 2.11. The van der Waals surface area contributed by atoms with Crippen LogP contribution in [0.5, 0.6) is 0 Å². The average Bonchev–Trinajstić information content (AvgIpc) is 2.61. The molecule has 1 amide bonds. The van der Waals surface area contributed by atoms with Crippen LogP contribution in [0.3, 0.4) is 0 Å². The van der Waals surface area contributed by atoms with E-state index in [2.05, 4.69) is 28.4 Å². The number of thioether (sulfide) groups is 1. The third kappa shape index (κ3) is 6.16. The number of carbonyl (C=O) groups excluding carboxylic acids is 1. The second-order valence-electron chi connectivity index (χ2n) is 5.16. The quantitative estimate of drug-likeness (QED) is 0.300. The summed E-state index contributed by atoms with van der Waals surface area (Å²) in [5.41, 5.74) is 0.521. The topological polar surface area (TPSA) is 58.1 Å². The van der Waals surface area contributed by atoms with Gasteiger partial charge < -0.3 is 10.2 Å². The number of benzene rings is 1. The molecular formula is C18H18ClFN4OS. The van der Waals surface area contributed by atoms with Gasteiger partial charge in [-0.3, -0.25) is 4.79 Å². The highest BCUT2D eigenvalue weighted by Crippen LogP contribution is 2.22. The molecular weight excluding hydrogens is 375 g/mol. The predicted octanol–water partition coefficient (Wildman–Crippen LogP) is 4.18. The molecule has 2 rings (SSSR count). The van der Waals surface area contributed by atoms with E-state index >= 15 is 0 Å². The molecule has 5 nitrogen and oxygen atoms in total. The Bertz CT molecular complexity index is 775. The molecule has 1 aromatic heterocycles. The third-order valence-electron chi connectivity index (χ3n) is 3.14. The van der Waals surface area contributed by atoms with Crippen LogP contribution in [0.1, 0.15) is 0 Å². The van der Waals surface area contributed by atoms with Crippen molar-refractivity contribution in [3.8, 4) is 0 Å². The van der Waals surface area contributed by atoms with Crippen molar-refractivity contribution in [3.63, 3.8) is 0 Å². The van der Waals surface area contributed by atoms with E-state index in [1.165, 1.54) is 24.3 Å². The van der Waals surface area contributed by atoms with Crippen molar-refractivity contribution in [2.24, 2.45) is 0 Å². The summed E-state index contributed by atoms with van der Waals surface area (Å²) < 4.78 is 12.9. The number of anilines is 2. The molecule has 2 aromatic rings. The van der Waals surface area contributed by atoms with Crippen molar-refractivity contribution >= 4 is 40.8 Å². The first-order valence-electron chi connectivity index (χ1n) is 7.71. The van der Waals surface area contributed by atoms with Gasteiger partial charge in [0.1, 0.15) is 16.8 Å². The summed E-state index contributed by atoms with van der Waals surface area (Å²) in [7, 11) is 0. The Balaban J connectivity index is 2.02. The zero-order chi connectivity index (χ0) is 18.9. The Labute approximate surface area is 161 Å². The minimum atomic E-state index is -0.360. The zero-order valence-electron chi connectivity index (χ0n) is 14.0. The number of hydrogen-bond donors (Lipinski definition) is 1. The molecule has 0 unspecified atom stereocenters. The van der Waals surface area contributed by atoms with E-state index in [1.807, 2.05) is 4.90 Å². The number of hydrogen-bond acceptors (Lipinski definition) is 5. The first kappa shape index (κ1) is 19.9. The Morgan fingerprint density at radius 2 is 1.88 bits per heavy atom. The molecule has 0 aliphatic carbocycles. The van der Waals surface area contributed by atoms with Crippen molar-refractivity contribution in [1.29, 1.82) is 0 Å². The van der Waals surface area contributed by atoms with Gasteiger partial charge in [-0.2, -0.15) is 0 Å². The maximum absolute atomic E-state index is 12.9. The predicted molar refractivity (Wildman–Crippen MR) is 105 cm³/mol. The fourth-order valence-corrected chi connectivity index (χ4v) is 2.93. The summed E-state index contributed by atoms with van der Waals surface area (Å²) in [5.74, 6) is 0.118. The lowest BCUT2D eigenvalue weighted by atomic mass is 10.3. The molecule has 0 aliphatic heterocycles. The van der Waals surface area contributed by atoms with Crippen LogP contribution in [-0.4, -0.2) is 34.7 Å². The average molecular weight is 393 g/mol. The molecule has 1 N–H and O–H groups in total. The van der Waals surface area contributed by atoms with Crippen molar-refractivity contribution in [2.45, 2.75) is 5.16 Å². The first-order valence-corrected chi connectivity index (χ1v) is 9.07. The summed E-state index contributed by atoms with van der Waals surface area (Å²) in [6.07, 6.45) is 3.50. The van der Waals surface area contributed by atoms with Gasteiger partial charge in [-0.15, -0.1) is 13.2 Å². The van der Waals surface area contributed by atoms with Crippen LogP contribution < -0.4 is 10.2 Å². The molecule has 0 saturated carbocycles. The Morgan fingerprint density at radius 1 is 1.23 bits per heavy atom. The molecule has 8 heteroatoms.